The molecule has 0 aromatic rings. The van der Waals surface area contributed by atoms with E-state index in [0.717, 1.165) is 77.0 Å². The lowest BCUT2D eigenvalue weighted by Gasteiger charge is -2.38. The summed E-state index contributed by atoms with van der Waals surface area (Å²) in [6, 6.07) is 1.62. The Morgan fingerprint density at radius 3 is 1.39 bits per heavy atom. The van der Waals surface area contributed by atoms with E-state index in [9.17, 15) is 31.2 Å². The summed E-state index contributed by atoms with van der Waals surface area (Å²) in [6.45, 7) is 12.8. The van der Waals surface area contributed by atoms with E-state index >= 15 is 0 Å². The average molecular weight is 830 g/mol. The van der Waals surface area contributed by atoms with Gasteiger partial charge < -0.3 is 36.5 Å². The van der Waals surface area contributed by atoms with Crippen LogP contribution in [0.25, 0.3) is 0 Å². The highest BCUT2D eigenvalue weighted by Gasteiger charge is 2.35. The quantitative estimate of drug-likeness (QED) is 0.321. The molecule has 3 saturated carbocycles. The summed E-state index contributed by atoms with van der Waals surface area (Å²) in [6.07, 6.45) is 10.8. The van der Waals surface area contributed by atoms with Crippen molar-refractivity contribution in [3.63, 3.8) is 0 Å². The van der Waals surface area contributed by atoms with Crippen molar-refractivity contribution in [1.82, 2.24) is 20.4 Å². The summed E-state index contributed by atoms with van der Waals surface area (Å²) in [4.78, 5) is 39.0. The molecule has 0 radical (unpaired) electrons. The predicted octanol–water partition coefficient (Wildman–Crippen LogP) is 3.27. The Bertz CT molecular complexity index is 1400. The van der Waals surface area contributed by atoms with E-state index in [1.54, 1.807) is 4.90 Å². The number of nitrogens with two attached hydrogens (primary N) is 2. The Labute approximate surface area is 330 Å². The minimum absolute atomic E-state index is 0. The number of nitrogens with one attached hydrogen (secondary N) is 2. The fourth-order valence-corrected chi connectivity index (χ4v) is 9.78. The van der Waals surface area contributed by atoms with Crippen LogP contribution in [0, 0.1) is 0 Å². The zero-order chi connectivity index (χ0) is 39.6. The van der Waals surface area contributed by atoms with Gasteiger partial charge in [0.25, 0.3) is 0 Å². The highest BCUT2D eigenvalue weighted by atomic mass is 35.5. The first-order valence-corrected chi connectivity index (χ1v) is 23.1. The third kappa shape index (κ3) is 18.4. The molecule has 0 aromatic heterocycles. The summed E-state index contributed by atoms with van der Waals surface area (Å²) >= 11 is 0. The Hall–Kier alpha value is -1.92. The average Bonchev–Trinajstić information content (AvgIpc) is 3.02. The number of sulfone groups is 2. The predicted molar refractivity (Wildman–Crippen MR) is 213 cm³/mol. The molecule has 0 atom stereocenters. The van der Waals surface area contributed by atoms with Gasteiger partial charge in [-0.3, -0.25) is 9.69 Å². The molecule has 0 spiro atoms. The van der Waals surface area contributed by atoms with Crippen LogP contribution >= 0.6 is 12.4 Å². The second-order valence-electron chi connectivity index (χ2n) is 17.3. The Kier molecular flexibility index (Phi) is 18.8. The number of alkyl carbamates (subject to hydrolysis) is 2. The smallest absolute Gasteiger partial charge is 0.407 e. The van der Waals surface area contributed by atoms with Crippen LogP contribution in [-0.2, 0) is 33.9 Å². The number of amides is 3. The molecule has 5 fully saturated rings. The number of halogens is 1. The van der Waals surface area contributed by atoms with Crippen molar-refractivity contribution in [1.29, 1.82) is 0 Å². The number of rotatable bonds is 4. The lowest BCUT2D eigenvalue weighted by molar-refractivity contribution is -0.131. The Morgan fingerprint density at radius 1 is 0.611 bits per heavy atom. The Morgan fingerprint density at radius 2 is 0.981 bits per heavy atom. The molecule has 2 aliphatic heterocycles. The lowest BCUT2D eigenvalue weighted by Crippen LogP contribution is -2.51. The van der Waals surface area contributed by atoms with E-state index < -0.39 is 30.9 Å². The maximum Gasteiger partial charge on any atom is 0.407 e. The fourth-order valence-electron chi connectivity index (χ4n) is 7.39. The van der Waals surface area contributed by atoms with Crippen LogP contribution in [0.5, 0.6) is 0 Å². The van der Waals surface area contributed by atoms with Crippen molar-refractivity contribution < 1.29 is 40.7 Å². The lowest BCUT2D eigenvalue weighted by atomic mass is 9.90. The SMILES string of the molecule is CC(C)(C)OC(=O)NC1CCC(N)CC1.CC(C)(C)OC(=O)NC1CCC(N2CCS(=O)(=O)CC2)CC1.Cl.NC1CCC(N2CCS(=O)(=O)CC2=O)CC1. The summed E-state index contributed by atoms with van der Waals surface area (Å²) in [5.74, 6) is 0.134. The second kappa shape index (κ2) is 21.0. The van der Waals surface area contributed by atoms with Crippen LogP contribution in [0.2, 0.25) is 0 Å². The van der Waals surface area contributed by atoms with Gasteiger partial charge in [0.05, 0.1) is 17.3 Å². The van der Waals surface area contributed by atoms with E-state index in [4.69, 9.17) is 20.9 Å². The molecule has 0 aromatic carbocycles. The van der Waals surface area contributed by atoms with Crippen LogP contribution < -0.4 is 22.1 Å². The van der Waals surface area contributed by atoms with Gasteiger partial charge in [-0.2, -0.15) is 0 Å². The fraction of sp³-hybridized carbons (Fsp3) is 0.917. The number of hydrogen-bond acceptors (Lipinski definition) is 12. The van der Waals surface area contributed by atoms with Crippen molar-refractivity contribution in [3.8, 4) is 0 Å². The van der Waals surface area contributed by atoms with Gasteiger partial charge >= 0.3 is 12.2 Å². The monoisotopic (exact) mass is 828 g/mol. The minimum atomic E-state index is -3.13. The molecule has 5 aliphatic rings. The maximum atomic E-state index is 11.8. The summed E-state index contributed by atoms with van der Waals surface area (Å²) in [5.41, 5.74) is 10.7. The molecular weight excluding hydrogens is 760 g/mol. The van der Waals surface area contributed by atoms with Gasteiger partial charge in [0, 0.05) is 55.9 Å². The van der Waals surface area contributed by atoms with Crippen LogP contribution in [0.15, 0.2) is 0 Å². The second-order valence-corrected chi connectivity index (χ2v) is 21.8. The van der Waals surface area contributed by atoms with E-state index in [1.807, 2.05) is 41.5 Å². The van der Waals surface area contributed by atoms with Crippen molar-refractivity contribution in [2.75, 3.05) is 42.6 Å². The molecule has 6 N–H and O–H groups in total. The van der Waals surface area contributed by atoms with Gasteiger partial charge in [-0.05, 0) is 119 Å². The molecular formula is C36H69ClN6O9S2. The first kappa shape index (κ1) is 48.2. The molecule has 15 nitrogen and oxygen atoms in total. The first-order valence-electron chi connectivity index (χ1n) is 19.4. The number of carbonyl (C=O) groups is 3. The highest BCUT2D eigenvalue weighted by molar-refractivity contribution is 7.92. The van der Waals surface area contributed by atoms with Crippen molar-refractivity contribution in [2.45, 2.75) is 166 Å². The van der Waals surface area contributed by atoms with Gasteiger partial charge in [0.1, 0.15) is 17.0 Å². The van der Waals surface area contributed by atoms with Crippen LogP contribution in [0.1, 0.15) is 119 Å². The zero-order valence-corrected chi connectivity index (χ0v) is 35.8. The van der Waals surface area contributed by atoms with Gasteiger partial charge in [-0.1, -0.05) is 0 Å². The third-order valence-corrected chi connectivity index (χ3v) is 13.4. The summed E-state index contributed by atoms with van der Waals surface area (Å²) in [7, 11) is -5.94. The molecule has 2 heterocycles. The van der Waals surface area contributed by atoms with Crippen LogP contribution in [-0.4, -0.2) is 135 Å². The largest absolute Gasteiger partial charge is 0.444 e. The van der Waals surface area contributed by atoms with E-state index in [-0.39, 0.29) is 77.7 Å². The van der Waals surface area contributed by atoms with Crippen molar-refractivity contribution in [3.05, 3.63) is 0 Å². The van der Waals surface area contributed by atoms with Crippen molar-refractivity contribution in [2.24, 2.45) is 11.5 Å². The molecule has 3 amide bonds. The molecule has 3 aliphatic carbocycles. The highest BCUT2D eigenvalue weighted by Crippen LogP contribution is 2.26. The molecule has 0 unspecified atom stereocenters. The molecule has 18 heteroatoms. The zero-order valence-electron chi connectivity index (χ0n) is 33.3. The van der Waals surface area contributed by atoms with E-state index in [0.29, 0.717) is 31.7 Å². The maximum absolute atomic E-state index is 11.8. The van der Waals surface area contributed by atoms with Gasteiger partial charge in [0.2, 0.25) is 5.91 Å². The summed E-state index contributed by atoms with van der Waals surface area (Å²) < 4.78 is 56.0. The van der Waals surface area contributed by atoms with Crippen molar-refractivity contribution >= 4 is 50.2 Å². The minimum Gasteiger partial charge on any atom is -0.444 e. The standard InChI is InChI=1S/C15H28N2O4S.C11H22N2O2.C10H18N2O3S.ClH/c1-15(2,3)21-14(18)16-12-4-6-13(7-5-12)17-8-10-22(19,20)11-9-17;1-11(2,3)15-10(14)13-9-6-4-8(12)5-7-9;11-8-1-3-9(4-2-8)12-5-6-16(14,15)7-10(12)13;/h12-13H,4-11H2,1-3H3,(H,16,18);8-9H,4-7,12H2,1-3H3,(H,13,14);8-9H,1-7,11H2;1H. The third-order valence-electron chi connectivity index (χ3n) is 10.3. The molecule has 5 rings (SSSR count). The van der Waals surface area contributed by atoms with Gasteiger partial charge in [0.15, 0.2) is 19.7 Å². The number of ether oxygens (including phenoxy) is 2. The topological polar surface area (TPSA) is 221 Å². The van der Waals surface area contributed by atoms with Crippen LogP contribution in [0.3, 0.4) is 0 Å². The molecule has 54 heavy (non-hydrogen) atoms. The Balaban J connectivity index is 0.000000284. The first-order chi connectivity index (χ1) is 24.5. The number of hydrogen-bond donors (Lipinski definition) is 4. The number of nitrogens with zero attached hydrogens (tertiary/aromatic N) is 2. The molecule has 0 bridgehead atoms. The van der Waals surface area contributed by atoms with Crippen LogP contribution in [0.4, 0.5) is 9.59 Å². The van der Waals surface area contributed by atoms with Gasteiger partial charge in [-0.15, -0.1) is 12.4 Å². The number of carbonyl (C=O) groups excluding carboxylic acids is 3. The van der Waals surface area contributed by atoms with E-state index in [2.05, 4.69) is 15.5 Å². The normalized spacial score (nSPS) is 30.1. The van der Waals surface area contributed by atoms with Gasteiger partial charge in [-0.25, -0.2) is 26.4 Å². The summed E-state index contributed by atoms with van der Waals surface area (Å²) in [5, 5.41) is 5.82. The molecule has 316 valence electrons. The molecule has 2 saturated heterocycles. The van der Waals surface area contributed by atoms with E-state index in [1.165, 1.54) is 0 Å².